The Morgan fingerprint density at radius 1 is 1.00 bits per heavy atom. The van der Waals surface area contributed by atoms with E-state index in [0.717, 1.165) is 16.6 Å². The number of carbonyl (C=O) groups excluding carboxylic acids is 1. The van der Waals surface area contributed by atoms with Gasteiger partial charge in [0.15, 0.2) is 12.7 Å². The maximum atomic E-state index is 12.6. The highest BCUT2D eigenvalue weighted by atomic mass is 35.5. The first kappa shape index (κ1) is 39.4. The Kier molecular flexibility index (Phi) is 13.0. The SMILES string of the molecule is CC(C)=NOCCOC(=O)[C@@H](C)Oc1ccc(Oc2cnc3cc(Cl)ccc3n2)cc1.Nc1c([N+](=O)[O-])cnn1-c1c(Cl)cc(C(F)(F)F)cc1Cl. The molecule has 14 nitrogen and oxygen atoms in total. The van der Waals surface area contributed by atoms with Crippen molar-refractivity contribution in [2.24, 2.45) is 5.16 Å². The fourth-order valence-corrected chi connectivity index (χ4v) is 4.86. The third-order valence-corrected chi connectivity index (χ3v) is 7.19. The molecule has 2 aromatic heterocycles. The minimum Gasteiger partial charge on any atom is -0.479 e. The fourth-order valence-electron chi connectivity index (χ4n) is 4.05. The second kappa shape index (κ2) is 17.2. The predicted molar refractivity (Wildman–Crippen MR) is 187 cm³/mol. The van der Waals surface area contributed by atoms with E-state index in [1.165, 1.54) is 6.20 Å². The van der Waals surface area contributed by atoms with E-state index in [9.17, 15) is 28.1 Å². The van der Waals surface area contributed by atoms with Gasteiger partial charge in [-0.2, -0.15) is 18.3 Å². The molecule has 52 heavy (non-hydrogen) atoms. The molecule has 3 aromatic carbocycles. The van der Waals surface area contributed by atoms with Crippen LogP contribution in [0.4, 0.5) is 24.7 Å². The monoisotopic (exact) mass is 783 g/mol. The summed E-state index contributed by atoms with van der Waals surface area (Å²) in [5.74, 6) is 0.508. The molecule has 2 N–H and O–H groups in total. The van der Waals surface area contributed by atoms with Crippen LogP contribution in [0.25, 0.3) is 16.7 Å². The quantitative estimate of drug-likeness (QED) is 0.0446. The predicted octanol–water partition coefficient (Wildman–Crippen LogP) is 8.49. The number of oxime groups is 1. The topological polar surface area (TPSA) is 179 Å². The van der Waals surface area contributed by atoms with Gasteiger partial charge in [-0.15, -0.1) is 0 Å². The molecular formula is C32H27Cl3F3N7O7. The third kappa shape index (κ3) is 10.6. The number of nitrogens with zero attached hydrogens (tertiary/aromatic N) is 6. The van der Waals surface area contributed by atoms with E-state index in [2.05, 4.69) is 20.2 Å². The number of carbonyl (C=O) groups is 1. The average molecular weight is 785 g/mol. The van der Waals surface area contributed by atoms with Gasteiger partial charge in [0.25, 0.3) is 0 Å². The summed E-state index contributed by atoms with van der Waals surface area (Å²) in [6.45, 7) is 5.50. The van der Waals surface area contributed by atoms with E-state index < -0.39 is 40.2 Å². The molecule has 1 atom stereocenters. The molecule has 0 bridgehead atoms. The van der Waals surface area contributed by atoms with Gasteiger partial charge in [-0.05, 0) is 75.4 Å². The smallest absolute Gasteiger partial charge is 0.416 e. The largest absolute Gasteiger partial charge is 0.479 e. The normalized spacial score (nSPS) is 11.6. The Balaban J connectivity index is 0.000000251. The van der Waals surface area contributed by atoms with Crippen LogP contribution in [0.1, 0.15) is 26.3 Å². The van der Waals surface area contributed by atoms with Crippen molar-refractivity contribution < 1.29 is 41.9 Å². The van der Waals surface area contributed by atoms with Crippen LogP contribution in [0.3, 0.4) is 0 Å². The second-order valence-electron chi connectivity index (χ2n) is 10.6. The van der Waals surface area contributed by atoms with Gasteiger partial charge in [0.1, 0.15) is 30.0 Å². The number of fused-ring (bicyclic) bond motifs is 1. The molecule has 0 radical (unpaired) electrons. The van der Waals surface area contributed by atoms with Crippen LogP contribution in [0, 0.1) is 10.1 Å². The van der Waals surface area contributed by atoms with Crippen molar-refractivity contribution in [2.45, 2.75) is 33.1 Å². The van der Waals surface area contributed by atoms with Crippen molar-refractivity contribution in [1.82, 2.24) is 19.7 Å². The number of anilines is 1. The van der Waals surface area contributed by atoms with Gasteiger partial charge in [-0.1, -0.05) is 40.0 Å². The fraction of sp³-hybridized carbons (Fsp3) is 0.219. The molecule has 20 heteroatoms. The number of ether oxygens (including phenoxy) is 3. The van der Waals surface area contributed by atoms with Crippen LogP contribution in [-0.2, 0) is 20.5 Å². The van der Waals surface area contributed by atoms with Crippen LogP contribution in [-0.4, -0.2) is 55.7 Å². The van der Waals surface area contributed by atoms with Crippen LogP contribution in [0.5, 0.6) is 17.4 Å². The van der Waals surface area contributed by atoms with Crippen molar-refractivity contribution >= 4 is 69.0 Å². The zero-order valence-corrected chi connectivity index (χ0v) is 29.5. The molecule has 0 aliphatic carbocycles. The van der Waals surface area contributed by atoms with Crippen molar-refractivity contribution in [3.63, 3.8) is 0 Å². The molecule has 0 amide bonds. The first-order valence-corrected chi connectivity index (χ1v) is 15.9. The summed E-state index contributed by atoms with van der Waals surface area (Å²) in [5.41, 5.74) is 5.93. The number of nitrogens with two attached hydrogens (primary N) is 1. The number of benzene rings is 3. The maximum Gasteiger partial charge on any atom is 0.416 e. The summed E-state index contributed by atoms with van der Waals surface area (Å²) < 4.78 is 55.1. The lowest BCUT2D eigenvalue weighted by molar-refractivity contribution is -0.383. The van der Waals surface area contributed by atoms with E-state index in [0.29, 0.717) is 45.6 Å². The summed E-state index contributed by atoms with van der Waals surface area (Å²) in [6.07, 6.45) is -3.04. The highest BCUT2D eigenvalue weighted by Crippen LogP contribution is 2.39. The zero-order valence-electron chi connectivity index (χ0n) is 27.2. The van der Waals surface area contributed by atoms with Crippen LogP contribution in [0.2, 0.25) is 15.1 Å². The van der Waals surface area contributed by atoms with Gasteiger partial charge < -0.3 is 24.8 Å². The molecule has 274 valence electrons. The zero-order chi connectivity index (χ0) is 38.2. The lowest BCUT2D eigenvalue weighted by atomic mass is 10.2. The molecular weight excluding hydrogens is 758 g/mol. The summed E-state index contributed by atoms with van der Waals surface area (Å²) in [7, 11) is 0. The van der Waals surface area contributed by atoms with E-state index >= 15 is 0 Å². The Hall–Kier alpha value is -5.39. The number of aromatic nitrogens is 4. The van der Waals surface area contributed by atoms with Gasteiger partial charge in [-0.25, -0.2) is 19.4 Å². The number of nitro groups is 1. The van der Waals surface area contributed by atoms with E-state index in [1.807, 2.05) is 13.8 Å². The van der Waals surface area contributed by atoms with Gasteiger partial charge in [0.2, 0.25) is 11.7 Å². The molecule has 0 fully saturated rings. The number of hydrogen-bond acceptors (Lipinski definition) is 12. The molecule has 0 saturated heterocycles. The Morgan fingerprint density at radius 2 is 1.65 bits per heavy atom. The van der Waals surface area contributed by atoms with E-state index in [-0.39, 0.29) is 28.9 Å². The minimum atomic E-state index is -4.63. The average Bonchev–Trinajstić information content (AvgIpc) is 3.45. The molecule has 0 saturated carbocycles. The molecule has 5 aromatic rings. The molecule has 0 aliphatic rings. The summed E-state index contributed by atoms with van der Waals surface area (Å²) in [5, 5.41) is 17.9. The minimum absolute atomic E-state index is 0.0924. The number of rotatable bonds is 11. The Morgan fingerprint density at radius 3 is 2.25 bits per heavy atom. The second-order valence-corrected chi connectivity index (χ2v) is 11.8. The summed E-state index contributed by atoms with van der Waals surface area (Å²) >= 11 is 17.5. The van der Waals surface area contributed by atoms with Crippen LogP contribution < -0.4 is 15.2 Å². The molecule has 5 rings (SSSR count). The number of esters is 1. The van der Waals surface area contributed by atoms with Crippen molar-refractivity contribution in [1.29, 1.82) is 0 Å². The first-order chi connectivity index (χ1) is 24.5. The Bertz CT molecular complexity index is 2070. The van der Waals surface area contributed by atoms with Crippen molar-refractivity contribution in [3.05, 3.63) is 97.7 Å². The van der Waals surface area contributed by atoms with Gasteiger partial charge in [-0.3, -0.25) is 10.1 Å². The van der Waals surface area contributed by atoms with Crippen molar-refractivity contribution in [3.8, 4) is 23.1 Å². The lowest BCUT2D eigenvalue weighted by Crippen LogP contribution is -2.27. The van der Waals surface area contributed by atoms with Crippen LogP contribution in [0.15, 0.2) is 72.1 Å². The van der Waals surface area contributed by atoms with Gasteiger partial charge >= 0.3 is 17.8 Å². The molecule has 2 heterocycles. The number of halogens is 6. The number of nitrogen functional groups attached to an aromatic ring is 1. The highest BCUT2D eigenvalue weighted by molar-refractivity contribution is 6.38. The standard InChI is InChI=1S/C22H22ClN3O5.C10H5Cl2F3N4O2/c1-14(2)26-29-11-10-28-22(27)15(3)30-17-5-7-18(8-6-17)31-21-13-24-20-12-16(23)4-9-19(20)25-21;11-5-1-4(10(13,14)15)2-6(12)8(5)18-9(16)7(3-17-18)19(20)21/h4-9,12-13,15H,10-11H2,1-3H3;1-3H,16H2/t15-;/m1./s1. The Labute approximate surface area is 307 Å². The first-order valence-electron chi connectivity index (χ1n) is 14.7. The lowest BCUT2D eigenvalue weighted by Gasteiger charge is -2.14. The highest BCUT2D eigenvalue weighted by Gasteiger charge is 2.33. The van der Waals surface area contributed by atoms with Gasteiger partial charge in [0.05, 0.1) is 43.5 Å². The van der Waals surface area contributed by atoms with Gasteiger partial charge in [0, 0.05) is 5.02 Å². The van der Waals surface area contributed by atoms with E-state index in [4.69, 9.17) is 59.6 Å². The van der Waals surface area contributed by atoms with Crippen LogP contribution >= 0.6 is 34.8 Å². The molecule has 0 aliphatic heterocycles. The summed E-state index contributed by atoms with van der Waals surface area (Å²) in [4.78, 5) is 35.6. The number of alkyl halides is 3. The number of hydrogen-bond donors (Lipinski definition) is 1. The third-order valence-electron chi connectivity index (χ3n) is 6.38. The van der Waals surface area contributed by atoms with E-state index in [1.54, 1.807) is 49.4 Å². The molecule has 0 spiro atoms. The maximum absolute atomic E-state index is 12.6. The molecule has 0 unspecified atom stereocenters. The summed E-state index contributed by atoms with van der Waals surface area (Å²) in [6, 6.07) is 13.3. The van der Waals surface area contributed by atoms with Crippen molar-refractivity contribution in [2.75, 3.05) is 18.9 Å².